The zero-order valence-electron chi connectivity index (χ0n) is 16.2. The van der Waals surface area contributed by atoms with Gasteiger partial charge in [-0.3, -0.25) is 25.0 Å². The van der Waals surface area contributed by atoms with Crippen LogP contribution in [0.5, 0.6) is 0 Å². The van der Waals surface area contributed by atoms with Crippen molar-refractivity contribution in [2.24, 2.45) is 0 Å². The molecular weight excluding hydrogens is 442 g/mol. The number of halogens is 2. The maximum Gasteiger partial charge on any atom is 0.288 e. The second-order valence-electron chi connectivity index (χ2n) is 6.30. The maximum absolute atomic E-state index is 13.1. The molecule has 2 aromatic heterocycles. The minimum absolute atomic E-state index is 0.109. The van der Waals surface area contributed by atoms with Crippen LogP contribution in [0.15, 0.2) is 70.7 Å². The first kappa shape index (κ1) is 21.2. The van der Waals surface area contributed by atoms with Gasteiger partial charge in [0.05, 0.1) is 18.3 Å². The second-order valence-corrected chi connectivity index (χ2v) is 7.22. The molecule has 12 heteroatoms. The third kappa shape index (κ3) is 4.98. The molecule has 2 heterocycles. The highest BCUT2D eigenvalue weighted by Crippen LogP contribution is 2.23. The molecule has 162 valence electrons. The minimum atomic E-state index is -0.610. The van der Waals surface area contributed by atoms with E-state index in [4.69, 9.17) is 4.42 Å². The molecule has 0 aliphatic heterocycles. The van der Waals surface area contributed by atoms with Gasteiger partial charge in [-0.05, 0) is 48.5 Å². The topological polar surface area (TPSA) is 115 Å². The van der Waals surface area contributed by atoms with Crippen LogP contribution >= 0.6 is 11.8 Å². The van der Waals surface area contributed by atoms with E-state index in [0.29, 0.717) is 11.3 Å². The normalized spacial score (nSPS) is 10.7. The van der Waals surface area contributed by atoms with Gasteiger partial charge in [-0.15, -0.1) is 10.2 Å². The lowest BCUT2D eigenvalue weighted by Crippen LogP contribution is -2.43. The number of carbonyl (C=O) groups is 2. The molecule has 0 aliphatic carbocycles. The fourth-order valence-corrected chi connectivity index (χ4v) is 3.16. The molecule has 9 nitrogen and oxygen atoms in total. The Hall–Kier alpha value is -4.06. The molecule has 32 heavy (non-hydrogen) atoms. The zero-order chi connectivity index (χ0) is 22.5. The Bertz CT molecular complexity index is 1240. The van der Waals surface area contributed by atoms with E-state index in [-0.39, 0.29) is 28.4 Å². The van der Waals surface area contributed by atoms with Gasteiger partial charge in [0.15, 0.2) is 0 Å². The summed E-state index contributed by atoms with van der Waals surface area (Å²) in [6, 6.07) is 11.0. The summed E-state index contributed by atoms with van der Waals surface area (Å²) in [4.78, 5) is 28.4. The molecule has 4 rings (SSSR count). The summed E-state index contributed by atoms with van der Waals surface area (Å²) in [5.41, 5.74) is 5.79. The molecule has 0 saturated heterocycles. The summed E-state index contributed by atoms with van der Waals surface area (Å²) in [6.07, 6.45) is 2.71. The van der Waals surface area contributed by atoms with Crippen LogP contribution in [0.2, 0.25) is 0 Å². The molecule has 2 amide bonds. The SMILES string of the molecule is O=C(CSc1nnc(-c2ccc(F)cc2)o1)NNC(=O)c1cncn1-c1ccc(F)cc1. The minimum Gasteiger partial charge on any atom is -0.411 e. The lowest BCUT2D eigenvalue weighted by molar-refractivity contribution is -0.119. The van der Waals surface area contributed by atoms with Crippen LogP contribution in [-0.2, 0) is 4.79 Å². The van der Waals surface area contributed by atoms with Gasteiger partial charge in [-0.2, -0.15) is 0 Å². The first-order valence-electron chi connectivity index (χ1n) is 9.09. The quantitative estimate of drug-likeness (QED) is 0.339. The monoisotopic (exact) mass is 456 g/mol. The van der Waals surface area contributed by atoms with Crippen LogP contribution in [0.25, 0.3) is 17.1 Å². The van der Waals surface area contributed by atoms with E-state index in [1.807, 2.05) is 0 Å². The van der Waals surface area contributed by atoms with Crippen LogP contribution in [0, 0.1) is 11.6 Å². The lowest BCUT2D eigenvalue weighted by atomic mass is 10.2. The molecule has 0 spiro atoms. The number of hydrogen-bond acceptors (Lipinski definition) is 7. The van der Waals surface area contributed by atoms with E-state index >= 15 is 0 Å². The van der Waals surface area contributed by atoms with E-state index < -0.39 is 17.6 Å². The Labute approximate surface area is 183 Å². The molecule has 4 aromatic rings. The number of carbonyl (C=O) groups excluding carboxylic acids is 2. The molecule has 0 unspecified atom stereocenters. The number of benzene rings is 2. The number of nitrogens with zero attached hydrogens (tertiary/aromatic N) is 4. The molecule has 0 atom stereocenters. The number of thioether (sulfide) groups is 1. The molecule has 0 saturated carbocycles. The highest BCUT2D eigenvalue weighted by Gasteiger charge is 2.15. The number of rotatable bonds is 6. The first-order chi connectivity index (χ1) is 15.5. The number of hydrogen-bond donors (Lipinski definition) is 2. The third-order valence-electron chi connectivity index (χ3n) is 4.12. The van der Waals surface area contributed by atoms with E-state index in [1.165, 1.54) is 65.6 Å². The largest absolute Gasteiger partial charge is 0.411 e. The highest BCUT2D eigenvalue weighted by atomic mass is 32.2. The van der Waals surface area contributed by atoms with Crippen LogP contribution < -0.4 is 10.9 Å². The maximum atomic E-state index is 13.1. The van der Waals surface area contributed by atoms with Crippen molar-refractivity contribution in [3.63, 3.8) is 0 Å². The van der Waals surface area contributed by atoms with Gasteiger partial charge >= 0.3 is 0 Å². The van der Waals surface area contributed by atoms with Gasteiger partial charge < -0.3 is 4.42 Å². The predicted octanol–water partition coefficient (Wildman–Crippen LogP) is 2.75. The zero-order valence-corrected chi connectivity index (χ0v) is 17.0. The fraction of sp³-hybridized carbons (Fsp3) is 0.0500. The van der Waals surface area contributed by atoms with Crippen LogP contribution in [-0.4, -0.2) is 37.3 Å². The third-order valence-corrected chi connectivity index (χ3v) is 4.93. The van der Waals surface area contributed by atoms with Crippen LogP contribution in [0.1, 0.15) is 10.5 Å². The highest BCUT2D eigenvalue weighted by molar-refractivity contribution is 7.99. The second kappa shape index (κ2) is 9.39. The Balaban J connectivity index is 1.30. The van der Waals surface area contributed by atoms with Crippen molar-refractivity contribution in [1.29, 1.82) is 0 Å². The summed E-state index contributed by atoms with van der Waals surface area (Å²) in [7, 11) is 0. The van der Waals surface area contributed by atoms with Crippen molar-refractivity contribution < 1.29 is 22.8 Å². The first-order valence-corrected chi connectivity index (χ1v) is 10.1. The lowest BCUT2D eigenvalue weighted by Gasteiger charge is -2.09. The molecule has 0 fully saturated rings. The van der Waals surface area contributed by atoms with Gasteiger partial charge in [-0.25, -0.2) is 13.8 Å². The number of amides is 2. The van der Waals surface area contributed by atoms with Crippen LogP contribution in [0.4, 0.5) is 8.78 Å². The molecule has 0 radical (unpaired) electrons. The molecule has 0 aliphatic rings. The number of imidazole rings is 1. The smallest absolute Gasteiger partial charge is 0.288 e. The predicted molar refractivity (Wildman–Crippen MR) is 110 cm³/mol. The van der Waals surface area contributed by atoms with Gasteiger partial charge in [-0.1, -0.05) is 11.8 Å². The molecule has 2 N–H and O–H groups in total. The summed E-state index contributed by atoms with van der Waals surface area (Å²) in [5.74, 6) is -1.84. The number of nitrogens with one attached hydrogen (secondary N) is 2. The van der Waals surface area contributed by atoms with Crippen molar-refractivity contribution in [2.75, 3.05) is 5.75 Å². The average Bonchev–Trinajstić information content (AvgIpc) is 3.47. The molecule has 0 bridgehead atoms. The van der Waals surface area contributed by atoms with Gasteiger partial charge in [0.25, 0.3) is 11.1 Å². The summed E-state index contributed by atoms with van der Waals surface area (Å²) in [6.45, 7) is 0. The van der Waals surface area contributed by atoms with E-state index in [0.717, 1.165) is 11.8 Å². The standard InChI is InChI=1S/C20H14F2N6O3S/c21-13-3-1-12(2-4-13)19-26-27-20(31-19)32-10-17(29)24-25-18(30)16-9-23-11-28(16)15-7-5-14(22)6-8-15/h1-9,11H,10H2,(H,24,29)(H,25,30). The van der Waals surface area contributed by atoms with Crippen molar-refractivity contribution >= 4 is 23.6 Å². The van der Waals surface area contributed by atoms with E-state index in [2.05, 4.69) is 26.0 Å². The Kier molecular flexibility index (Phi) is 6.22. The van der Waals surface area contributed by atoms with E-state index in [1.54, 1.807) is 0 Å². The summed E-state index contributed by atoms with van der Waals surface area (Å²) >= 11 is 0.967. The van der Waals surface area contributed by atoms with Gasteiger partial charge in [0.1, 0.15) is 17.3 Å². The van der Waals surface area contributed by atoms with Crippen molar-refractivity contribution in [3.8, 4) is 17.1 Å². The van der Waals surface area contributed by atoms with E-state index in [9.17, 15) is 18.4 Å². The molecular formula is C20H14F2N6O3S. The fourth-order valence-electron chi connectivity index (χ4n) is 2.60. The van der Waals surface area contributed by atoms with Gasteiger partial charge in [0, 0.05) is 11.3 Å². The van der Waals surface area contributed by atoms with Gasteiger partial charge in [0.2, 0.25) is 11.8 Å². The van der Waals surface area contributed by atoms with Crippen molar-refractivity contribution in [1.82, 2.24) is 30.6 Å². The summed E-state index contributed by atoms with van der Waals surface area (Å²) in [5, 5.41) is 7.81. The molecule has 2 aromatic carbocycles. The van der Waals surface area contributed by atoms with Crippen molar-refractivity contribution in [2.45, 2.75) is 5.22 Å². The average molecular weight is 456 g/mol. The Morgan fingerprint density at radius 2 is 1.66 bits per heavy atom. The summed E-state index contributed by atoms with van der Waals surface area (Å²) < 4.78 is 33.0. The number of hydrazine groups is 1. The van der Waals surface area contributed by atoms with Crippen molar-refractivity contribution in [3.05, 3.63) is 78.4 Å². The Morgan fingerprint density at radius 1 is 0.969 bits per heavy atom. The van der Waals surface area contributed by atoms with Crippen LogP contribution in [0.3, 0.4) is 0 Å². The Morgan fingerprint density at radius 3 is 2.38 bits per heavy atom. The number of aromatic nitrogens is 4.